The molecule has 7 heteroatoms. The van der Waals surface area contributed by atoms with Crippen LogP contribution in [-0.4, -0.2) is 23.1 Å². The van der Waals surface area contributed by atoms with Crippen LogP contribution in [0.4, 0.5) is 14.9 Å². The molecule has 2 amide bonds. The van der Waals surface area contributed by atoms with Crippen molar-refractivity contribution in [1.82, 2.24) is 5.32 Å². The number of urea groups is 1. The van der Waals surface area contributed by atoms with Crippen molar-refractivity contribution in [2.75, 3.05) is 5.32 Å². The third kappa shape index (κ3) is 3.92. The molecule has 0 radical (unpaired) electrons. The molecule has 0 spiro atoms. The topological polar surface area (TPSA) is 78.4 Å². The van der Waals surface area contributed by atoms with Gasteiger partial charge in [0, 0.05) is 5.02 Å². The minimum Gasteiger partial charge on any atom is -0.480 e. The Hall–Kier alpha value is -1.82. The van der Waals surface area contributed by atoms with Crippen molar-refractivity contribution in [3.8, 4) is 0 Å². The maximum absolute atomic E-state index is 13.3. The van der Waals surface area contributed by atoms with E-state index in [-0.39, 0.29) is 10.7 Å². The molecule has 0 unspecified atom stereocenters. The van der Waals surface area contributed by atoms with E-state index < -0.39 is 23.9 Å². The number of carbonyl (C=O) groups excluding carboxylic acids is 1. The van der Waals surface area contributed by atoms with E-state index in [0.717, 1.165) is 6.07 Å². The molecule has 1 atom stereocenters. The quantitative estimate of drug-likeness (QED) is 0.778. The first-order chi connectivity index (χ1) is 7.90. The van der Waals surface area contributed by atoms with Crippen molar-refractivity contribution in [1.29, 1.82) is 0 Å². The summed E-state index contributed by atoms with van der Waals surface area (Å²) in [7, 11) is 0. The van der Waals surface area contributed by atoms with Gasteiger partial charge >= 0.3 is 12.0 Å². The van der Waals surface area contributed by atoms with Gasteiger partial charge in [-0.15, -0.1) is 0 Å². The van der Waals surface area contributed by atoms with Gasteiger partial charge in [0.25, 0.3) is 0 Å². The Morgan fingerprint density at radius 3 is 2.65 bits per heavy atom. The molecule has 0 saturated heterocycles. The smallest absolute Gasteiger partial charge is 0.325 e. The summed E-state index contributed by atoms with van der Waals surface area (Å²) in [6, 6.07) is 1.85. The fourth-order valence-corrected chi connectivity index (χ4v) is 1.17. The molecule has 1 aromatic carbocycles. The molecule has 1 rings (SSSR count). The van der Waals surface area contributed by atoms with E-state index in [1.165, 1.54) is 19.1 Å². The highest BCUT2D eigenvalue weighted by atomic mass is 35.5. The second-order valence-corrected chi connectivity index (χ2v) is 3.72. The Labute approximate surface area is 102 Å². The predicted molar refractivity (Wildman–Crippen MR) is 60.7 cm³/mol. The fraction of sp³-hybridized carbons (Fsp3) is 0.200. The number of carbonyl (C=O) groups is 2. The van der Waals surface area contributed by atoms with Crippen LogP contribution in [0.3, 0.4) is 0 Å². The minimum atomic E-state index is -1.18. The van der Waals surface area contributed by atoms with Gasteiger partial charge < -0.3 is 15.7 Å². The number of carboxylic acids is 1. The molecule has 0 bridgehead atoms. The zero-order valence-corrected chi connectivity index (χ0v) is 9.58. The van der Waals surface area contributed by atoms with Crippen molar-refractivity contribution in [3.05, 3.63) is 29.0 Å². The predicted octanol–water partition coefficient (Wildman–Crippen LogP) is 2.07. The van der Waals surface area contributed by atoms with Gasteiger partial charge in [0.2, 0.25) is 0 Å². The van der Waals surface area contributed by atoms with Crippen molar-refractivity contribution < 1.29 is 19.1 Å². The average Bonchev–Trinajstić information content (AvgIpc) is 2.22. The van der Waals surface area contributed by atoms with Gasteiger partial charge in [0.05, 0.1) is 5.69 Å². The Morgan fingerprint density at radius 1 is 1.47 bits per heavy atom. The summed E-state index contributed by atoms with van der Waals surface area (Å²) < 4.78 is 13.3. The number of rotatable bonds is 3. The third-order valence-corrected chi connectivity index (χ3v) is 2.13. The number of benzene rings is 1. The summed E-state index contributed by atoms with van der Waals surface area (Å²) in [5.41, 5.74) is -0.0792. The first-order valence-corrected chi connectivity index (χ1v) is 5.03. The van der Waals surface area contributed by atoms with Crippen molar-refractivity contribution >= 4 is 29.3 Å². The molecule has 1 aromatic rings. The molecular formula is C10H10ClFN2O3. The number of hydrogen-bond donors (Lipinski definition) is 3. The van der Waals surface area contributed by atoms with Crippen LogP contribution in [0.15, 0.2) is 18.2 Å². The second kappa shape index (κ2) is 5.49. The van der Waals surface area contributed by atoms with E-state index >= 15 is 0 Å². The maximum atomic E-state index is 13.3. The minimum absolute atomic E-state index is 0.0792. The Kier molecular flexibility index (Phi) is 4.28. The van der Waals surface area contributed by atoms with Crippen molar-refractivity contribution in [2.45, 2.75) is 13.0 Å². The van der Waals surface area contributed by atoms with Crippen LogP contribution in [-0.2, 0) is 4.79 Å². The number of halogens is 2. The molecule has 0 aliphatic heterocycles. The number of anilines is 1. The zero-order valence-electron chi connectivity index (χ0n) is 8.83. The highest BCUT2D eigenvalue weighted by Crippen LogP contribution is 2.18. The van der Waals surface area contributed by atoms with Gasteiger partial charge in [-0.3, -0.25) is 4.79 Å². The Morgan fingerprint density at radius 2 is 2.12 bits per heavy atom. The average molecular weight is 261 g/mol. The molecule has 92 valence electrons. The monoisotopic (exact) mass is 260 g/mol. The summed E-state index contributed by atoms with van der Waals surface area (Å²) >= 11 is 5.53. The van der Waals surface area contributed by atoms with Gasteiger partial charge in [0.15, 0.2) is 0 Å². The lowest BCUT2D eigenvalue weighted by molar-refractivity contribution is -0.138. The molecule has 0 aliphatic carbocycles. The largest absolute Gasteiger partial charge is 0.480 e. The lowest BCUT2D eigenvalue weighted by atomic mass is 10.3. The normalized spacial score (nSPS) is 11.7. The lowest BCUT2D eigenvalue weighted by Gasteiger charge is -2.11. The summed E-state index contributed by atoms with van der Waals surface area (Å²) in [6.07, 6.45) is 0. The fourth-order valence-electron chi connectivity index (χ4n) is 1.01. The Bertz CT molecular complexity index is 453. The molecule has 5 nitrogen and oxygen atoms in total. The molecule has 17 heavy (non-hydrogen) atoms. The van der Waals surface area contributed by atoms with Crippen LogP contribution in [0.1, 0.15) is 6.92 Å². The Balaban J connectivity index is 2.65. The number of nitrogens with one attached hydrogen (secondary N) is 2. The van der Waals surface area contributed by atoms with E-state index in [2.05, 4.69) is 10.6 Å². The van der Waals surface area contributed by atoms with Crippen LogP contribution in [0, 0.1) is 5.82 Å². The van der Waals surface area contributed by atoms with Crippen LogP contribution in [0.2, 0.25) is 5.02 Å². The van der Waals surface area contributed by atoms with Crippen molar-refractivity contribution in [2.24, 2.45) is 0 Å². The highest BCUT2D eigenvalue weighted by Gasteiger charge is 2.14. The van der Waals surface area contributed by atoms with Crippen LogP contribution >= 0.6 is 11.6 Å². The summed E-state index contributed by atoms with van der Waals surface area (Å²) in [4.78, 5) is 21.7. The zero-order chi connectivity index (χ0) is 13.0. The summed E-state index contributed by atoms with van der Waals surface area (Å²) in [6.45, 7) is 1.29. The van der Waals surface area contributed by atoms with Crippen LogP contribution < -0.4 is 10.6 Å². The number of aliphatic carboxylic acids is 1. The van der Waals surface area contributed by atoms with Gasteiger partial charge in [-0.05, 0) is 25.1 Å². The molecule has 0 fully saturated rings. The van der Waals surface area contributed by atoms with Gasteiger partial charge in [0.1, 0.15) is 11.9 Å². The number of hydrogen-bond acceptors (Lipinski definition) is 2. The number of amides is 2. The number of carboxylic acid groups (broad SMARTS) is 1. The summed E-state index contributed by atoms with van der Waals surface area (Å²) in [5.74, 6) is -1.88. The molecule has 3 N–H and O–H groups in total. The maximum Gasteiger partial charge on any atom is 0.325 e. The van der Waals surface area contributed by atoms with E-state index in [1.807, 2.05) is 0 Å². The molecular weight excluding hydrogens is 251 g/mol. The van der Waals surface area contributed by atoms with Gasteiger partial charge in [-0.1, -0.05) is 11.6 Å². The van der Waals surface area contributed by atoms with E-state index in [4.69, 9.17) is 16.7 Å². The van der Waals surface area contributed by atoms with Crippen molar-refractivity contribution in [3.63, 3.8) is 0 Å². The standard InChI is InChI=1S/C10H10ClFN2O3/c1-5(9(15)16)13-10(17)14-8-3-2-6(11)4-7(8)12/h2-5H,1H3,(H,15,16)(H2,13,14,17)/t5-/m1/s1. The molecule has 0 aliphatic rings. The third-order valence-electron chi connectivity index (χ3n) is 1.90. The molecule has 0 saturated carbocycles. The molecule has 0 heterocycles. The highest BCUT2D eigenvalue weighted by molar-refractivity contribution is 6.30. The van der Waals surface area contributed by atoms with Crippen LogP contribution in [0.5, 0.6) is 0 Å². The first-order valence-electron chi connectivity index (χ1n) is 4.65. The van der Waals surface area contributed by atoms with E-state index in [9.17, 15) is 14.0 Å². The SMILES string of the molecule is C[C@@H](NC(=O)Nc1ccc(Cl)cc1F)C(=O)O. The van der Waals surface area contributed by atoms with Gasteiger partial charge in [-0.2, -0.15) is 0 Å². The molecule has 0 aromatic heterocycles. The first kappa shape index (κ1) is 13.2. The lowest BCUT2D eigenvalue weighted by Crippen LogP contribution is -2.41. The second-order valence-electron chi connectivity index (χ2n) is 3.28. The van der Waals surface area contributed by atoms with E-state index in [1.54, 1.807) is 0 Å². The van der Waals surface area contributed by atoms with Crippen LogP contribution in [0.25, 0.3) is 0 Å². The van der Waals surface area contributed by atoms with Gasteiger partial charge in [-0.25, -0.2) is 9.18 Å². The summed E-state index contributed by atoms with van der Waals surface area (Å²) in [5, 5.41) is 13.1. The van der Waals surface area contributed by atoms with E-state index in [0.29, 0.717) is 0 Å².